The van der Waals surface area contributed by atoms with Crippen molar-refractivity contribution < 1.29 is 4.79 Å². The molecule has 1 aromatic heterocycles. The molecule has 3 aromatic rings. The van der Waals surface area contributed by atoms with Gasteiger partial charge in [-0.1, -0.05) is 24.3 Å². The molecule has 4 heteroatoms. The number of carbonyl (C=O) groups excluding carboxylic acids is 1. The predicted molar refractivity (Wildman–Crippen MR) is 86.5 cm³/mol. The molecule has 0 N–H and O–H groups in total. The van der Waals surface area contributed by atoms with Crippen molar-refractivity contribution in [3.8, 4) is 0 Å². The van der Waals surface area contributed by atoms with Crippen LogP contribution in [-0.2, 0) is 6.54 Å². The van der Waals surface area contributed by atoms with Crippen LogP contribution in [0.4, 0.5) is 5.69 Å². The number of halogens is 1. The van der Waals surface area contributed by atoms with Crippen LogP contribution in [-0.4, -0.2) is 5.91 Å². The average Bonchev–Trinajstić information content (AvgIpc) is 2.98. The molecule has 1 aliphatic heterocycles. The minimum Gasteiger partial charge on any atom is -0.302 e. The molecular formula is C16H10BrNOS. The third-order valence-electron chi connectivity index (χ3n) is 3.64. The maximum Gasteiger partial charge on any atom is 0.259 e. The van der Waals surface area contributed by atoms with Crippen LogP contribution in [0.3, 0.4) is 0 Å². The van der Waals surface area contributed by atoms with Gasteiger partial charge < -0.3 is 4.90 Å². The number of rotatable bonds is 2. The van der Waals surface area contributed by atoms with Crippen LogP contribution in [0.15, 0.2) is 52.3 Å². The highest BCUT2D eigenvalue weighted by molar-refractivity contribution is 9.10. The molecule has 0 saturated heterocycles. The van der Waals surface area contributed by atoms with Crippen LogP contribution in [0.5, 0.6) is 0 Å². The second-order valence-corrected chi connectivity index (χ2v) is 6.62. The van der Waals surface area contributed by atoms with Crippen LogP contribution in [0.25, 0.3) is 10.8 Å². The Morgan fingerprint density at radius 2 is 1.90 bits per heavy atom. The highest BCUT2D eigenvalue weighted by Crippen LogP contribution is 2.39. The van der Waals surface area contributed by atoms with Crippen molar-refractivity contribution >= 4 is 49.6 Å². The van der Waals surface area contributed by atoms with Crippen molar-refractivity contribution in [3.05, 3.63) is 62.8 Å². The van der Waals surface area contributed by atoms with Crippen LogP contribution < -0.4 is 4.90 Å². The molecule has 0 radical (unpaired) electrons. The van der Waals surface area contributed by atoms with E-state index in [0.29, 0.717) is 6.54 Å². The highest BCUT2D eigenvalue weighted by Gasteiger charge is 2.29. The van der Waals surface area contributed by atoms with Crippen LogP contribution in [0.1, 0.15) is 15.2 Å². The van der Waals surface area contributed by atoms with Crippen molar-refractivity contribution in [2.75, 3.05) is 4.90 Å². The second-order valence-electron chi connectivity index (χ2n) is 4.76. The third kappa shape index (κ3) is 1.65. The van der Waals surface area contributed by atoms with Gasteiger partial charge in [0, 0.05) is 20.3 Å². The molecule has 0 atom stereocenters. The molecule has 98 valence electrons. The largest absolute Gasteiger partial charge is 0.302 e. The number of carbonyl (C=O) groups is 1. The standard InChI is InChI=1S/C16H10BrNOS/c17-12-7-8-20-14(12)9-18-13-6-2-4-10-3-1-5-11(15(10)13)16(18)19/h1-8H,9H2. The number of nitrogens with zero attached hydrogens (tertiary/aromatic N) is 1. The van der Waals surface area contributed by atoms with E-state index in [1.54, 1.807) is 11.3 Å². The smallest absolute Gasteiger partial charge is 0.259 e. The number of hydrogen-bond acceptors (Lipinski definition) is 2. The summed E-state index contributed by atoms with van der Waals surface area (Å²) < 4.78 is 1.07. The first-order valence-corrected chi connectivity index (χ1v) is 7.98. The number of anilines is 1. The molecule has 0 unspecified atom stereocenters. The van der Waals surface area contributed by atoms with E-state index in [4.69, 9.17) is 0 Å². The Labute approximate surface area is 128 Å². The van der Waals surface area contributed by atoms with E-state index < -0.39 is 0 Å². The molecule has 2 nitrogen and oxygen atoms in total. The molecule has 0 fully saturated rings. The lowest BCUT2D eigenvalue weighted by Crippen LogP contribution is -2.25. The summed E-state index contributed by atoms with van der Waals surface area (Å²) in [4.78, 5) is 15.7. The Bertz CT molecular complexity index is 834. The summed E-state index contributed by atoms with van der Waals surface area (Å²) in [6.45, 7) is 0.616. The minimum atomic E-state index is 0.0945. The fourth-order valence-corrected chi connectivity index (χ4v) is 4.18. The lowest BCUT2D eigenvalue weighted by atomic mass is 10.1. The van der Waals surface area contributed by atoms with Gasteiger partial charge in [-0.15, -0.1) is 11.3 Å². The van der Waals surface area contributed by atoms with Gasteiger partial charge in [0.05, 0.1) is 12.2 Å². The van der Waals surface area contributed by atoms with Crippen molar-refractivity contribution in [1.29, 1.82) is 0 Å². The van der Waals surface area contributed by atoms with Gasteiger partial charge in [0.15, 0.2) is 0 Å². The normalized spacial score (nSPS) is 13.4. The van der Waals surface area contributed by atoms with Gasteiger partial charge in [0.25, 0.3) is 5.91 Å². The SMILES string of the molecule is O=C1c2cccc3cccc(c23)N1Cc1sccc1Br. The second kappa shape index (κ2) is 4.43. The Morgan fingerprint density at radius 1 is 1.10 bits per heavy atom. The van der Waals surface area contributed by atoms with Gasteiger partial charge >= 0.3 is 0 Å². The lowest BCUT2D eigenvalue weighted by molar-refractivity contribution is 0.0991. The summed E-state index contributed by atoms with van der Waals surface area (Å²) in [6.07, 6.45) is 0. The lowest BCUT2D eigenvalue weighted by Gasteiger charge is -2.17. The molecule has 20 heavy (non-hydrogen) atoms. The first kappa shape index (κ1) is 12.1. The van der Waals surface area contributed by atoms with E-state index in [-0.39, 0.29) is 5.91 Å². The van der Waals surface area contributed by atoms with E-state index in [9.17, 15) is 4.79 Å². The topological polar surface area (TPSA) is 20.3 Å². The van der Waals surface area contributed by atoms with Gasteiger partial charge in [-0.05, 0) is 44.9 Å². The van der Waals surface area contributed by atoms with Gasteiger partial charge in [-0.25, -0.2) is 0 Å². The van der Waals surface area contributed by atoms with Crippen molar-refractivity contribution in [2.45, 2.75) is 6.54 Å². The fraction of sp³-hybridized carbons (Fsp3) is 0.0625. The zero-order chi connectivity index (χ0) is 13.7. The first-order chi connectivity index (χ1) is 9.75. The summed E-state index contributed by atoms with van der Waals surface area (Å²) in [6, 6.07) is 14.0. The van der Waals surface area contributed by atoms with Crippen LogP contribution >= 0.6 is 27.3 Å². The monoisotopic (exact) mass is 343 g/mol. The van der Waals surface area contributed by atoms with Crippen molar-refractivity contribution in [2.24, 2.45) is 0 Å². The number of benzene rings is 2. The summed E-state index contributed by atoms with van der Waals surface area (Å²) in [5, 5.41) is 4.24. The van der Waals surface area contributed by atoms with E-state index >= 15 is 0 Å². The third-order valence-corrected chi connectivity index (χ3v) is 5.55. The number of hydrogen-bond donors (Lipinski definition) is 0. The first-order valence-electron chi connectivity index (χ1n) is 6.31. The maximum atomic E-state index is 12.6. The zero-order valence-electron chi connectivity index (χ0n) is 10.5. The molecule has 0 saturated carbocycles. The predicted octanol–water partition coefficient (Wildman–Crippen LogP) is 4.82. The average molecular weight is 344 g/mol. The Morgan fingerprint density at radius 3 is 2.65 bits per heavy atom. The van der Waals surface area contributed by atoms with E-state index in [1.165, 1.54) is 4.88 Å². The van der Waals surface area contributed by atoms with Crippen LogP contribution in [0.2, 0.25) is 0 Å². The summed E-state index contributed by atoms with van der Waals surface area (Å²) in [7, 11) is 0. The molecular weight excluding hydrogens is 334 g/mol. The van der Waals surface area contributed by atoms with Gasteiger partial charge in [0.2, 0.25) is 0 Å². The molecule has 0 bridgehead atoms. The highest BCUT2D eigenvalue weighted by atomic mass is 79.9. The minimum absolute atomic E-state index is 0.0945. The fourth-order valence-electron chi connectivity index (χ4n) is 2.72. The van der Waals surface area contributed by atoms with Crippen molar-refractivity contribution in [1.82, 2.24) is 0 Å². The summed E-state index contributed by atoms with van der Waals surface area (Å²) in [5.41, 5.74) is 1.83. The number of thiophene rings is 1. The van der Waals surface area contributed by atoms with E-state index in [2.05, 4.69) is 28.1 Å². The Balaban J connectivity index is 1.87. The Kier molecular flexibility index (Phi) is 2.69. The quantitative estimate of drug-likeness (QED) is 0.652. The van der Waals surface area contributed by atoms with Crippen molar-refractivity contribution in [3.63, 3.8) is 0 Å². The molecule has 1 aliphatic rings. The summed E-state index contributed by atoms with van der Waals surface area (Å²) >= 11 is 5.20. The molecule has 1 amide bonds. The molecule has 4 rings (SSSR count). The molecule has 0 aliphatic carbocycles. The van der Waals surface area contributed by atoms with E-state index in [1.807, 2.05) is 40.6 Å². The zero-order valence-corrected chi connectivity index (χ0v) is 12.9. The number of amides is 1. The van der Waals surface area contributed by atoms with Gasteiger partial charge in [0.1, 0.15) is 0 Å². The molecule has 0 spiro atoms. The maximum absolute atomic E-state index is 12.6. The van der Waals surface area contributed by atoms with E-state index in [0.717, 1.165) is 26.5 Å². The summed E-state index contributed by atoms with van der Waals surface area (Å²) in [5.74, 6) is 0.0945. The van der Waals surface area contributed by atoms with Gasteiger partial charge in [-0.3, -0.25) is 4.79 Å². The van der Waals surface area contributed by atoms with Gasteiger partial charge in [-0.2, -0.15) is 0 Å². The molecule has 2 aromatic carbocycles. The Hall–Kier alpha value is -1.65. The molecule has 2 heterocycles. The van der Waals surface area contributed by atoms with Crippen LogP contribution in [0, 0.1) is 0 Å².